The molecule has 0 spiro atoms. The highest BCUT2D eigenvalue weighted by Crippen LogP contribution is 2.37. The molecule has 0 radical (unpaired) electrons. The van der Waals surface area contributed by atoms with Gasteiger partial charge in [0.05, 0.1) is 17.2 Å². The van der Waals surface area contributed by atoms with Crippen molar-refractivity contribution in [3.05, 3.63) is 27.3 Å². The number of aryl methyl sites for hydroxylation is 2. The van der Waals surface area contributed by atoms with Gasteiger partial charge in [0.2, 0.25) is 5.89 Å². The number of nitrogens with one attached hydrogen (secondary N) is 2. The third-order valence-electron chi connectivity index (χ3n) is 3.46. The van der Waals surface area contributed by atoms with E-state index in [0.29, 0.717) is 18.4 Å². The normalized spacial score (nSPS) is 14.1. The van der Waals surface area contributed by atoms with E-state index >= 15 is 0 Å². The van der Waals surface area contributed by atoms with E-state index in [2.05, 4.69) is 25.8 Å². The monoisotopic (exact) mass is 321 g/mol. The minimum Gasteiger partial charge on any atom is -0.338 e. The fraction of sp³-hybridized carbons (Fsp3) is 0.571. The molecule has 1 aliphatic carbocycles. The van der Waals surface area contributed by atoms with Crippen LogP contribution in [-0.4, -0.2) is 27.7 Å². The Hall–Kier alpha value is -1.96. The van der Waals surface area contributed by atoms with Crippen LogP contribution >= 0.6 is 11.3 Å². The molecule has 0 aromatic carbocycles. The highest BCUT2D eigenvalue weighted by molar-refractivity contribution is 7.11. The third kappa shape index (κ3) is 3.82. The average molecular weight is 321 g/mol. The third-order valence-corrected chi connectivity index (χ3v) is 4.60. The molecule has 2 amide bonds. The van der Waals surface area contributed by atoms with E-state index in [9.17, 15) is 4.79 Å². The van der Waals surface area contributed by atoms with E-state index < -0.39 is 0 Å². The second-order valence-electron chi connectivity index (χ2n) is 5.42. The SMILES string of the molecule is Cc1nc(C)c(CCNC(=O)NCc2nc(C3CC3)no2)s1. The molecule has 0 aliphatic heterocycles. The van der Waals surface area contributed by atoms with E-state index in [0.717, 1.165) is 35.8 Å². The van der Waals surface area contributed by atoms with Crippen LogP contribution in [0.3, 0.4) is 0 Å². The number of hydrogen-bond donors (Lipinski definition) is 2. The molecule has 1 fully saturated rings. The zero-order chi connectivity index (χ0) is 15.5. The summed E-state index contributed by atoms with van der Waals surface area (Å²) in [4.78, 5) is 21.6. The summed E-state index contributed by atoms with van der Waals surface area (Å²) in [6.07, 6.45) is 3.05. The second kappa shape index (κ2) is 6.43. The minimum atomic E-state index is -0.231. The van der Waals surface area contributed by atoms with Crippen molar-refractivity contribution in [1.29, 1.82) is 0 Å². The molecule has 1 saturated carbocycles. The quantitative estimate of drug-likeness (QED) is 0.849. The summed E-state index contributed by atoms with van der Waals surface area (Å²) in [5, 5.41) is 10.5. The maximum absolute atomic E-state index is 11.7. The maximum atomic E-state index is 11.7. The molecule has 2 aromatic rings. The number of urea groups is 1. The molecule has 1 aliphatic rings. The number of thiazole rings is 1. The Morgan fingerprint density at radius 1 is 1.32 bits per heavy atom. The van der Waals surface area contributed by atoms with Crippen molar-refractivity contribution in [2.75, 3.05) is 6.54 Å². The molecule has 0 saturated heterocycles. The van der Waals surface area contributed by atoms with Crippen LogP contribution in [-0.2, 0) is 13.0 Å². The number of aromatic nitrogens is 3. The first kappa shape index (κ1) is 15.0. The number of hydrogen-bond acceptors (Lipinski definition) is 6. The summed E-state index contributed by atoms with van der Waals surface area (Å²) in [7, 11) is 0. The molecule has 2 N–H and O–H groups in total. The number of amides is 2. The highest BCUT2D eigenvalue weighted by Gasteiger charge is 2.28. The van der Waals surface area contributed by atoms with Crippen LogP contribution in [0, 0.1) is 13.8 Å². The molecular formula is C14H19N5O2S. The smallest absolute Gasteiger partial charge is 0.315 e. The molecule has 3 rings (SSSR count). The van der Waals surface area contributed by atoms with Gasteiger partial charge < -0.3 is 15.2 Å². The summed E-state index contributed by atoms with van der Waals surface area (Å²) in [5.41, 5.74) is 1.04. The lowest BCUT2D eigenvalue weighted by atomic mass is 10.3. The number of carbonyl (C=O) groups excluding carboxylic acids is 1. The molecule has 2 aromatic heterocycles. The van der Waals surface area contributed by atoms with Crippen molar-refractivity contribution in [2.24, 2.45) is 0 Å². The first-order valence-corrected chi connectivity index (χ1v) is 8.20. The van der Waals surface area contributed by atoms with E-state index in [1.54, 1.807) is 11.3 Å². The summed E-state index contributed by atoms with van der Waals surface area (Å²) < 4.78 is 5.10. The van der Waals surface area contributed by atoms with Crippen LogP contribution in [0.15, 0.2) is 4.52 Å². The Labute approximate surface area is 132 Å². The van der Waals surface area contributed by atoms with Crippen LogP contribution in [0.2, 0.25) is 0 Å². The zero-order valence-electron chi connectivity index (χ0n) is 12.7. The van der Waals surface area contributed by atoms with Gasteiger partial charge in [-0.05, 0) is 26.7 Å². The lowest BCUT2D eigenvalue weighted by Gasteiger charge is -2.05. The van der Waals surface area contributed by atoms with Gasteiger partial charge in [-0.1, -0.05) is 5.16 Å². The van der Waals surface area contributed by atoms with Gasteiger partial charge in [0.1, 0.15) is 0 Å². The predicted octanol–water partition coefficient (Wildman–Crippen LogP) is 2.06. The van der Waals surface area contributed by atoms with Gasteiger partial charge in [0, 0.05) is 23.8 Å². The van der Waals surface area contributed by atoms with E-state index in [-0.39, 0.29) is 12.6 Å². The van der Waals surface area contributed by atoms with Gasteiger partial charge in [-0.3, -0.25) is 0 Å². The van der Waals surface area contributed by atoms with Crippen LogP contribution in [0.25, 0.3) is 0 Å². The minimum absolute atomic E-state index is 0.231. The van der Waals surface area contributed by atoms with E-state index in [4.69, 9.17) is 4.52 Å². The molecule has 0 atom stereocenters. The van der Waals surface area contributed by atoms with E-state index in [1.165, 1.54) is 4.88 Å². The molecule has 0 unspecified atom stereocenters. The summed E-state index contributed by atoms with van der Waals surface area (Å²) in [6.45, 7) is 4.81. The van der Waals surface area contributed by atoms with Gasteiger partial charge >= 0.3 is 6.03 Å². The van der Waals surface area contributed by atoms with Crippen molar-refractivity contribution >= 4 is 17.4 Å². The Morgan fingerprint density at radius 3 is 2.82 bits per heavy atom. The molecule has 22 heavy (non-hydrogen) atoms. The number of nitrogens with zero attached hydrogens (tertiary/aromatic N) is 3. The van der Waals surface area contributed by atoms with Crippen molar-refractivity contribution in [3.8, 4) is 0 Å². The first-order valence-electron chi connectivity index (χ1n) is 7.39. The number of rotatable bonds is 6. The van der Waals surface area contributed by atoms with Crippen LogP contribution in [0.1, 0.15) is 46.1 Å². The van der Waals surface area contributed by atoms with Crippen molar-refractivity contribution < 1.29 is 9.32 Å². The van der Waals surface area contributed by atoms with Gasteiger partial charge in [0.15, 0.2) is 5.82 Å². The van der Waals surface area contributed by atoms with Crippen molar-refractivity contribution in [1.82, 2.24) is 25.8 Å². The molecule has 0 bridgehead atoms. The van der Waals surface area contributed by atoms with Gasteiger partial charge in [-0.25, -0.2) is 9.78 Å². The average Bonchev–Trinajstić information content (AvgIpc) is 3.14. The lowest BCUT2D eigenvalue weighted by Crippen LogP contribution is -2.36. The molecule has 2 heterocycles. The fourth-order valence-corrected chi connectivity index (χ4v) is 3.10. The van der Waals surface area contributed by atoms with Gasteiger partial charge in [-0.15, -0.1) is 11.3 Å². The first-order chi connectivity index (χ1) is 10.6. The lowest BCUT2D eigenvalue weighted by molar-refractivity contribution is 0.238. The Morgan fingerprint density at radius 2 is 2.14 bits per heavy atom. The van der Waals surface area contributed by atoms with Crippen LogP contribution < -0.4 is 10.6 Å². The standard InChI is InChI=1S/C14H19N5O2S/c1-8-11(22-9(2)17-8)5-6-15-14(20)16-7-12-18-13(19-21-12)10-3-4-10/h10H,3-7H2,1-2H3,(H2,15,16,20). The Balaban J connectivity index is 1.37. The van der Waals surface area contributed by atoms with Crippen LogP contribution in [0.5, 0.6) is 0 Å². The fourth-order valence-electron chi connectivity index (χ4n) is 2.16. The van der Waals surface area contributed by atoms with Crippen molar-refractivity contribution in [2.45, 2.75) is 45.6 Å². The largest absolute Gasteiger partial charge is 0.338 e. The van der Waals surface area contributed by atoms with Gasteiger partial charge in [0.25, 0.3) is 0 Å². The predicted molar refractivity (Wildman–Crippen MR) is 81.8 cm³/mol. The Kier molecular flexibility index (Phi) is 4.37. The number of carbonyl (C=O) groups is 1. The second-order valence-corrected chi connectivity index (χ2v) is 6.71. The summed E-state index contributed by atoms with van der Waals surface area (Å²) in [6, 6.07) is -0.231. The van der Waals surface area contributed by atoms with Crippen LogP contribution in [0.4, 0.5) is 4.79 Å². The maximum Gasteiger partial charge on any atom is 0.315 e. The zero-order valence-corrected chi connectivity index (χ0v) is 13.5. The Bertz CT molecular complexity index is 662. The topological polar surface area (TPSA) is 92.9 Å². The van der Waals surface area contributed by atoms with Gasteiger partial charge in [-0.2, -0.15) is 4.98 Å². The summed E-state index contributed by atoms with van der Waals surface area (Å²) >= 11 is 1.67. The highest BCUT2D eigenvalue weighted by atomic mass is 32.1. The van der Waals surface area contributed by atoms with Crippen molar-refractivity contribution in [3.63, 3.8) is 0 Å². The molecule has 118 valence electrons. The molecular weight excluding hydrogens is 302 g/mol. The summed E-state index contributed by atoms with van der Waals surface area (Å²) in [5.74, 6) is 1.66. The molecule has 7 nitrogen and oxygen atoms in total. The van der Waals surface area contributed by atoms with E-state index in [1.807, 2.05) is 13.8 Å². The molecule has 8 heteroatoms.